The summed E-state index contributed by atoms with van der Waals surface area (Å²) in [5.41, 5.74) is 10.1. The number of ether oxygens (including phenoxy) is 2. The Hall–Kier alpha value is -3.81. The molecule has 3 N–H and O–H groups in total. The average molecular weight is 460 g/mol. The summed E-state index contributed by atoms with van der Waals surface area (Å²) in [4.78, 5) is 22.9. The second-order valence-electron chi connectivity index (χ2n) is 8.48. The fraction of sp³-hybridized carbons (Fsp3) is 0.346. The first-order valence-corrected chi connectivity index (χ1v) is 11.9. The molecule has 2 aromatic carbocycles. The number of aromatic nitrogens is 3. The minimum Gasteiger partial charge on any atom is -0.486 e. The second kappa shape index (κ2) is 9.59. The van der Waals surface area contributed by atoms with E-state index in [1.54, 1.807) is 4.57 Å². The highest BCUT2D eigenvalue weighted by molar-refractivity contribution is 6.11. The van der Waals surface area contributed by atoms with Crippen LogP contribution in [0.3, 0.4) is 0 Å². The number of nitrogens with one attached hydrogen (secondary N) is 1. The number of nitrogen functional groups attached to an aromatic ring is 1. The molecule has 8 nitrogen and oxygen atoms in total. The van der Waals surface area contributed by atoms with Gasteiger partial charge >= 0.3 is 0 Å². The van der Waals surface area contributed by atoms with Gasteiger partial charge in [0.2, 0.25) is 0 Å². The van der Waals surface area contributed by atoms with E-state index < -0.39 is 0 Å². The summed E-state index contributed by atoms with van der Waals surface area (Å²) >= 11 is 0. The van der Waals surface area contributed by atoms with Crippen molar-refractivity contribution in [2.75, 3.05) is 25.5 Å². The van der Waals surface area contributed by atoms with Gasteiger partial charge in [0.25, 0.3) is 5.91 Å². The maximum absolute atomic E-state index is 13.3. The Morgan fingerprint density at radius 3 is 2.53 bits per heavy atom. The van der Waals surface area contributed by atoms with Gasteiger partial charge in [-0.3, -0.25) is 9.36 Å². The number of anilines is 1. The second-order valence-corrected chi connectivity index (χ2v) is 8.48. The van der Waals surface area contributed by atoms with Gasteiger partial charge in [-0.05, 0) is 30.7 Å². The summed E-state index contributed by atoms with van der Waals surface area (Å²) in [6.45, 7) is 3.78. The normalized spacial score (nSPS) is 12.9. The largest absolute Gasteiger partial charge is 0.486 e. The van der Waals surface area contributed by atoms with E-state index in [-0.39, 0.29) is 5.91 Å². The first kappa shape index (κ1) is 22.0. The van der Waals surface area contributed by atoms with E-state index in [4.69, 9.17) is 25.2 Å². The highest BCUT2D eigenvalue weighted by Gasteiger charge is 2.25. The van der Waals surface area contributed by atoms with Gasteiger partial charge in [0, 0.05) is 12.6 Å². The molecule has 0 radical (unpaired) electrons. The van der Waals surface area contributed by atoms with Crippen LogP contribution in [0, 0.1) is 0 Å². The van der Waals surface area contributed by atoms with Crippen LogP contribution in [0.5, 0.6) is 11.5 Å². The van der Waals surface area contributed by atoms with Crippen LogP contribution in [0.25, 0.3) is 27.9 Å². The third-order valence-electron chi connectivity index (χ3n) is 6.07. The Balaban J connectivity index is 1.56. The Morgan fingerprint density at radius 1 is 1.00 bits per heavy atom. The maximum Gasteiger partial charge on any atom is 0.257 e. The number of amides is 1. The van der Waals surface area contributed by atoms with E-state index in [0.717, 1.165) is 24.0 Å². The number of unbranched alkanes of at least 4 members (excludes halogenated alkanes) is 4. The monoisotopic (exact) mass is 459 g/mol. The lowest BCUT2D eigenvalue weighted by atomic mass is 10.1. The fourth-order valence-corrected chi connectivity index (χ4v) is 4.34. The van der Waals surface area contributed by atoms with E-state index in [2.05, 4.69) is 12.2 Å². The number of hydrogen-bond donors (Lipinski definition) is 2. The van der Waals surface area contributed by atoms with Crippen LogP contribution in [0.4, 0.5) is 5.82 Å². The quantitative estimate of drug-likeness (QED) is 0.372. The molecule has 0 bridgehead atoms. The van der Waals surface area contributed by atoms with E-state index in [9.17, 15) is 4.79 Å². The number of para-hydroxylation sites is 2. The number of carbonyl (C=O) groups excluding carboxylic acids is 1. The van der Waals surface area contributed by atoms with Crippen molar-refractivity contribution in [2.45, 2.75) is 39.0 Å². The molecule has 1 aliphatic heterocycles. The number of nitrogens with two attached hydrogens (primary N) is 1. The molecule has 0 unspecified atom stereocenters. The SMILES string of the molecule is CCCCCCCNC(=O)c1c(N)n(-c2ccc3c(c2)OCCO3)c2nc3ccccc3nc12. The molecule has 176 valence electrons. The zero-order chi connectivity index (χ0) is 23.5. The number of benzene rings is 2. The van der Waals surface area contributed by atoms with Gasteiger partial charge < -0.3 is 20.5 Å². The van der Waals surface area contributed by atoms with Crippen molar-refractivity contribution < 1.29 is 14.3 Å². The third kappa shape index (κ3) is 4.11. The smallest absolute Gasteiger partial charge is 0.257 e. The summed E-state index contributed by atoms with van der Waals surface area (Å²) in [6.07, 6.45) is 5.60. The van der Waals surface area contributed by atoms with Crippen LogP contribution in [0.1, 0.15) is 49.4 Å². The van der Waals surface area contributed by atoms with Crippen LogP contribution in [-0.2, 0) is 0 Å². The lowest BCUT2D eigenvalue weighted by Gasteiger charge is -2.19. The van der Waals surface area contributed by atoms with Crippen LogP contribution < -0.4 is 20.5 Å². The number of nitrogens with zero attached hydrogens (tertiary/aromatic N) is 3. The average Bonchev–Trinajstić information content (AvgIpc) is 3.14. The van der Waals surface area contributed by atoms with Crippen molar-refractivity contribution in [3.05, 3.63) is 48.0 Å². The van der Waals surface area contributed by atoms with Crippen molar-refractivity contribution in [1.82, 2.24) is 19.9 Å². The number of rotatable bonds is 8. The molecule has 34 heavy (non-hydrogen) atoms. The first-order valence-electron chi connectivity index (χ1n) is 11.9. The van der Waals surface area contributed by atoms with Crippen molar-refractivity contribution in [1.29, 1.82) is 0 Å². The molecule has 0 atom stereocenters. The lowest BCUT2D eigenvalue weighted by molar-refractivity contribution is 0.0955. The predicted octanol–water partition coefficient (Wildman–Crippen LogP) is 4.63. The summed E-state index contributed by atoms with van der Waals surface area (Å²) in [5.74, 6) is 1.38. The van der Waals surface area contributed by atoms with Crippen molar-refractivity contribution in [3.8, 4) is 17.2 Å². The van der Waals surface area contributed by atoms with E-state index in [0.29, 0.717) is 59.3 Å². The van der Waals surface area contributed by atoms with Gasteiger partial charge in [-0.15, -0.1) is 0 Å². The molecule has 3 heterocycles. The molecule has 0 aliphatic carbocycles. The third-order valence-corrected chi connectivity index (χ3v) is 6.07. The topological polar surface area (TPSA) is 104 Å². The van der Waals surface area contributed by atoms with Crippen molar-refractivity contribution in [3.63, 3.8) is 0 Å². The van der Waals surface area contributed by atoms with Crippen LogP contribution >= 0.6 is 0 Å². The Bertz CT molecular complexity index is 1350. The maximum atomic E-state index is 13.3. The molecule has 4 aromatic rings. The number of fused-ring (bicyclic) bond motifs is 3. The number of hydrogen-bond acceptors (Lipinski definition) is 6. The highest BCUT2D eigenvalue weighted by Crippen LogP contribution is 2.36. The van der Waals surface area contributed by atoms with Gasteiger partial charge in [0.05, 0.1) is 16.7 Å². The van der Waals surface area contributed by atoms with E-state index in [1.807, 2.05) is 42.5 Å². The minimum absolute atomic E-state index is 0.237. The summed E-state index contributed by atoms with van der Waals surface area (Å²) < 4.78 is 13.2. The van der Waals surface area contributed by atoms with E-state index >= 15 is 0 Å². The van der Waals surface area contributed by atoms with E-state index in [1.165, 1.54) is 19.3 Å². The van der Waals surface area contributed by atoms with Gasteiger partial charge in [-0.2, -0.15) is 0 Å². The molecule has 0 saturated carbocycles. The standard InChI is InChI=1S/C26H29N5O3/c1-2-3-4-5-8-13-28-26(32)22-23-25(30-19-10-7-6-9-18(19)29-23)31(24(22)27)17-11-12-20-21(16-17)34-15-14-33-20/h6-7,9-12,16H,2-5,8,13-15,27H2,1H3,(H,28,32). The van der Waals surface area contributed by atoms with Gasteiger partial charge in [0.15, 0.2) is 17.1 Å². The molecule has 5 rings (SSSR count). The summed E-state index contributed by atoms with van der Waals surface area (Å²) in [6, 6.07) is 13.2. The van der Waals surface area contributed by atoms with Gasteiger partial charge in [0.1, 0.15) is 30.1 Å². The lowest BCUT2D eigenvalue weighted by Crippen LogP contribution is -2.25. The zero-order valence-corrected chi connectivity index (χ0v) is 19.3. The van der Waals surface area contributed by atoms with Gasteiger partial charge in [-0.1, -0.05) is 44.7 Å². The molecular weight excluding hydrogens is 430 g/mol. The molecule has 0 spiro atoms. The molecule has 8 heteroatoms. The van der Waals surface area contributed by atoms with Crippen LogP contribution in [-0.4, -0.2) is 40.2 Å². The van der Waals surface area contributed by atoms with Crippen molar-refractivity contribution in [2.24, 2.45) is 0 Å². The summed E-state index contributed by atoms with van der Waals surface area (Å²) in [5, 5.41) is 3.03. The highest BCUT2D eigenvalue weighted by atomic mass is 16.6. The molecule has 1 amide bonds. The minimum atomic E-state index is -0.237. The molecule has 0 saturated heterocycles. The zero-order valence-electron chi connectivity index (χ0n) is 19.3. The molecule has 2 aromatic heterocycles. The fourth-order valence-electron chi connectivity index (χ4n) is 4.34. The Kier molecular flexibility index (Phi) is 6.20. The Labute approximate surface area is 198 Å². The predicted molar refractivity (Wildman–Crippen MR) is 133 cm³/mol. The first-order chi connectivity index (χ1) is 16.7. The van der Waals surface area contributed by atoms with Crippen LogP contribution in [0.15, 0.2) is 42.5 Å². The molecule has 1 aliphatic rings. The molecule has 0 fully saturated rings. The Morgan fingerprint density at radius 2 is 1.74 bits per heavy atom. The summed E-state index contributed by atoms with van der Waals surface area (Å²) in [7, 11) is 0. The van der Waals surface area contributed by atoms with Gasteiger partial charge in [-0.25, -0.2) is 9.97 Å². The van der Waals surface area contributed by atoms with Crippen LogP contribution in [0.2, 0.25) is 0 Å². The number of carbonyl (C=O) groups is 1. The van der Waals surface area contributed by atoms with Crippen molar-refractivity contribution >= 4 is 33.9 Å². The molecular formula is C26H29N5O3.